The van der Waals surface area contributed by atoms with Gasteiger partial charge in [0.1, 0.15) is 6.61 Å². The number of hydrogen-bond donors (Lipinski definition) is 1. The van der Waals surface area contributed by atoms with Gasteiger partial charge in [0.25, 0.3) is 0 Å². The van der Waals surface area contributed by atoms with Gasteiger partial charge in [0.2, 0.25) is 15.9 Å². The molecule has 30 heavy (non-hydrogen) atoms. The van der Waals surface area contributed by atoms with Gasteiger partial charge in [-0.1, -0.05) is 30.3 Å². The minimum absolute atomic E-state index is 0.0252. The van der Waals surface area contributed by atoms with E-state index in [4.69, 9.17) is 9.47 Å². The number of nitrogens with one attached hydrogen (secondary N) is 1. The largest absolute Gasteiger partial charge is 0.381 e. The molecule has 2 heterocycles. The normalized spacial score (nSPS) is 21.2. The molecule has 0 spiro atoms. The van der Waals surface area contributed by atoms with Crippen LogP contribution in [0.1, 0.15) is 24.8 Å². The smallest absolute Gasteiger partial charge is 0.246 e. The first kappa shape index (κ1) is 23.1. The van der Waals surface area contributed by atoms with Crippen LogP contribution in [0.15, 0.2) is 30.3 Å². The Bertz CT molecular complexity index is 768. The van der Waals surface area contributed by atoms with Crippen LogP contribution in [0.3, 0.4) is 0 Å². The highest BCUT2D eigenvalue weighted by atomic mass is 32.2. The molecule has 0 aromatic heterocycles. The highest BCUT2D eigenvalue weighted by molar-refractivity contribution is 7.88. The minimum Gasteiger partial charge on any atom is -0.381 e. The van der Waals surface area contributed by atoms with E-state index in [0.717, 1.165) is 38.0 Å². The Morgan fingerprint density at radius 2 is 1.93 bits per heavy atom. The Balaban J connectivity index is 1.45. The summed E-state index contributed by atoms with van der Waals surface area (Å²) in [4.78, 5) is 14.5. The molecule has 1 aromatic carbocycles. The molecule has 1 N–H and O–H groups in total. The molecule has 0 saturated carbocycles. The number of hydrogen-bond acceptors (Lipinski definition) is 6. The number of amides is 1. The summed E-state index contributed by atoms with van der Waals surface area (Å²) < 4.78 is 36.3. The van der Waals surface area contributed by atoms with E-state index in [1.54, 1.807) is 4.31 Å². The van der Waals surface area contributed by atoms with Gasteiger partial charge >= 0.3 is 0 Å². The second-order valence-electron chi connectivity index (χ2n) is 7.97. The molecular weight excluding hydrogens is 406 g/mol. The highest BCUT2D eigenvalue weighted by Gasteiger charge is 2.35. The van der Waals surface area contributed by atoms with Gasteiger partial charge in [-0.05, 0) is 24.8 Å². The Morgan fingerprint density at radius 3 is 2.60 bits per heavy atom. The number of carbonyl (C=O) groups excluding carboxylic acids is 1. The maximum Gasteiger partial charge on any atom is 0.246 e. The van der Waals surface area contributed by atoms with Crippen LogP contribution in [0.2, 0.25) is 0 Å². The predicted molar refractivity (Wildman–Crippen MR) is 114 cm³/mol. The lowest BCUT2D eigenvalue weighted by atomic mass is 10.0. The summed E-state index contributed by atoms with van der Waals surface area (Å²) in [6.45, 7) is 4.17. The zero-order valence-electron chi connectivity index (χ0n) is 17.7. The topological polar surface area (TPSA) is 88.2 Å². The summed E-state index contributed by atoms with van der Waals surface area (Å²) in [6, 6.07) is 10.3. The molecule has 2 aliphatic rings. The average molecular weight is 440 g/mol. The third-order valence-corrected chi connectivity index (χ3v) is 7.03. The van der Waals surface area contributed by atoms with Crippen molar-refractivity contribution in [3.05, 3.63) is 35.9 Å². The molecule has 1 unspecified atom stereocenters. The molecule has 168 valence electrons. The number of benzene rings is 1. The molecule has 1 amide bonds. The molecule has 3 rings (SSSR count). The SMILES string of the molecule is CS(=O)(=O)N1CCC(N(CCNC(=O)COCc2ccccc2)C2CCOCC2)C1. The van der Waals surface area contributed by atoms with Gasteiger partial charge in [0, 0.05) is 51.5 Å². The number of carbonyl (C=O) groups is 1. The van der Waals surface area contributed by atoms with Gasteiger partial charge in [-0.2, -0.15) is 0 Å². The summed E-state index contributed by atoms with van der Waals surface area (Å²) in [5, 5.41) is 2.93. The summed E-state index contributed by atoms with van der Waals surface area (Å²) >= 11 is 0. The number of rotatable bonds is 10. The summed E-state index contributed by atoms with van der Waals surface area (Å²) in [7, 11) is -3.17. The van der Waals surface area contributed by atoms with Gasteiger partial charge < -0.3 is 14.8 Å². The van der Waals surface area contributed by atoms with Crippen LogP contribution in [-0.2, 0) is 30.9 Å². The monoisotopic (exact) mass is 439 g/mol. The molecule has 1 atom stereocenters. The van der Waals surface area contributed by atoms with Crippen molar-refractivity contribution < 1.29 is 22.7 Å². The molecule has 0 radical (unpaired) electrons. The molecule has 9 heteroatoms. The highest BCUT2D eigenvalue weighted by Crippen LogP contribution is 2.24. The Morgan fingerprint density at radius 1 is 1.20 bits per heavy atom. The molecule has 2 fully saturated rings. The van der Waals surface area contributed by atoms with E-state index in [0.29, 0.717) is 38.8 Å². The summed E-state index contributed by atoms with van der Waals surface area (Å²) in [5.41, 5.74) is 1.03. The molecule has 8 nitrogen and oxygen atoms in total. The fraction of sp³-hybridized carbons (Fsp3) is 0.667. The summed E-state index contributed by atoms with van der Waals surface area (Å²) in [6.07, 6.45) is 3.95. The van der Waals surface area contributed by atoms with Crippen molar-refractivity contribution in [3.63, 3.8) is 0 Å². The van der Waals surface area contributed by atoms with E-state index < -0.39 is 10.0 Å². The van der Waals surface area contributed by atoms with E-state index in [2.05, 4.69) is 10.2 Å². The quantitative estimate of drug-likeness (QED) is 0.581. The lowest BCUT2D eigenvalue weighted by Gasteiger charge is -2.38. The fourth-order valence-electron chi connectivity index (χ4n) is 4.17. The van der Waals surface area contributed by atoms with Crippen LogP contribution in [-0.4, -0.2) is 87.9 Å². The fourth-order valence-corrected chi connectivity index (χ4v) is 5.05. The van der Waals surface area contributed by atoms with E-state index in [1.807, 2.05) is 30.3 Å². The molecule has 2 saturated heterocycles. The van der Waals surface area contributed by atoms with Gasteiger partial charge in [-0.25, -0.2) is 12.7 Å². The van der Waals surface area contributed by atoms with E-state index >= 15 is 0 Å². The van der Waals surface area contributed by atoms with Crippen molar-refractivity contribution in [3.8, 4) is 0 Å². The van der Waals surface area contributed by atoms with Gasteiger partial charge in [-0.3, -0.25) is 9.69 Å². The van der Waals surface area contributed by atoms with Crippen molar-refractivity contribution >= 4 is 15.9 Å². The van der Waals surface area contributed by atoms with Crippen LogP contribution in [0.4, 0.5) is 0 Å². The maximum absolute atomic E-state index is 12.1. The number of sulfonamides is 1. The first-order valence-electron chi connectivity index (χ1n) is 10.6. The second kappa shape index (κ2) is 11.2. The average Bonchev–Trinajstić information content (AvgIpc) is 3.23. The first-order chi connectivity index (χ1) is 14.4. The second-order valence-corrected chi connectivity index (χ2v) is 9.96. The van der Waals surface area contributed by atoms with Crippen LogP contribution in [0, 0.1) is 0 Å². The number of ether oxygens (including phenoxy) is 2. The Labute approximate surface area is 179 Å². The third kappa shape index (κ3) is 7.02. The zero-order valence-corrected chi connectivity index (χ0v) is 18.5. The lowest BCUT2D eigenvalue weighted by Crippen LogP contribution is -2.50. The lowest BCUT2D eigenvalue weighted by molar-refractivity contribution is -0.126. The summed E-state index contributed by atoms with van der Waals surface area (Å²) in [5.74, 6) is -0.137. The Kier molecular flexibility index (Phi) is 8.64. The minimum atomic E-state index is -3.17. The van der Waals surface area contributed by atoms with E-state index in [-0.39, 0.29) is 18.6 Å². The van der Waals surface area contributed by atoms with Crippen LogP contribution in [0.5, 0.6) is 0 Å². The zero-order chi connectivity index (χ0) is 21.4. The first-order valence-corrected chi connectivity index (χ1v) is 12.5. The number of nitrogens with zero attached hydrogens (tertiary/aromatic N) is 2. The van der Waals surface area contributed by atoms with Crippen molar-refractivity contribution in [2.24, 2.45) is 0 Å². The van der Waals surface area contributed by atoms with Crippen molar-refractivity contribution in [1.29, 1.82) is 0 Å². The van der Waals surface area contributed by atoms with Crippen LogP contribution in [0.25, 0.3) is 0 Å². The third-order valence-electron chi connectivity index (χ3n) is 5.76. The van der Waals surface area contributed by atoms with Gasteiger partial charge in [0.05, 0.1) is 12.9 Å². The Hall–Kier alpha value is -1.52. The van der Waals surface area contributed by atoms with Gasteiger partial charge in [-0.15, -0.1) is 0 Å². The molecule has 1 aromatic rings. The molecule has 0 aliphatic carbocycles. The van der Waals surface area contributed by atoms with Crippen molar-refractivity contribution in [1.82, 2.24) is 14.5 Å². The molecule has 2 aliphatic heterocycles. The molecular formula is C21H33N3O5S. The standard InChI is InChI=1S/C21H33N3O5S/c1-30(26,27)23-11-7-20(15-23)24(19-8-13-28-14-9-19)12-10-22-21(25)17-29-16-18-5-3-2-4-6-18/h2-6,19-20H,7-17H2,1H3,(H,22,25). The van der Waals surface area contributed by atoms with E-state index in [1.165, 1.54) is 6.26 Å². The van der Waals surface area contributed by atoms with Crippen molar-refractivity contribution in [2.45, 2.75) is 38.0 Å². The maximum atomic E-state index is 12.1. The van der Waals surface area contributed by atoms with Gasteiger partial charge in [0.15, 0.2) is 0 Å². The van der Waals surface area contributed by atoms with E-state index in [9.17, 15) is 13.2 Å². The predicted octanol–water partition coefficient (Wildman–Crippen LogP) is 0.834. The van der Waals surface area contributed by atoms with Crippen molar-refractivity contribution in [2.75, 3.05) is 52.3 Å². The van der Waals surface area contributed by atoms with Crippen LogP contribution >= 0.6 is 0 Å². The molecule has 0 bridgehead atoms. The van der Waals surface area contributed by atoms with Crippen LogP contribution < -0.4 is 5.32 Å².